The zero-order valence-corrected chi connectivity index (χ0v) is 10.9. The highest BCUT2D eigenvalue weighted by atomic mass is 31.2. The second kappa shape index (κ2) is 4.78. The van der Waals surface area contributed by atoms with Crippen LogP contribution in [0.15, 0.2) is 18.2 Å². The molecule has 0 aliphatic heterocycles. The molecule has 1 aromatic rings. The van der Waals surface area contributed by atoms with Crippen molar-refractivity contribution in [3.63, 3.8) is 0 Å². The van der Waals surface area contributed by atoms with Gasteiger partial charge in [0.05, 0.1) is 6.61 Å². The summed E-state index contributed by atoms with van der Waals surface area (Å²) in [5.41, 5.74) is 1.07. The number of phenolic OH excluding ortho intramolecular Hbond substituents is 1. The van der Waals surface area contributed by atoms with Gasteiger partial charge in [-0.1, -0.05) is 26.8 Å². The Morgan fingerprint density at radius 2 is 1.88 bits per heavy atom. The largest absolute Gasteiger partial charge is 0.508 e. The molecule has 0 bridgehead atoms. The highest BCUT2D eigenvalue weighted by Gasteiger charge is 2.19. The lowest BCUT2D eigenvalue weighted by molar-refractivity contribution is 0.189. The first-order valence-corrected chi connectivity index (χ1v) is 6.65. The number of rotatable bonds is 3. The predicted octanol–water partition coefficient (Wildman–Crippen LogP) is 2.30. The van der Waals surface area contributed by atoms with Gasteiger partial charge in [0.1, 0.15) is 5.75 Å². The molecule has 0 aliphatic carbocycles. The van der Waals surface area contributed by atoms with Gasteiger partial charge in [0, 0.05) is 0 Å². The average Bonchev–Trinajstić information content (AvgIpc) is 2.13. The Kier molecular flexibility index (Phi) is 3.99. The van der Waals surface area contributed by atoms with Crippen molar-refractivity contribution in [3.8, 4) is 5.75 Å². The summed E-state index contributed by atoms with van der Waals surface area (Å²) in [6.07, 6.45) is 0. The van der Waals surface area contributed by atoms with Crippen LogP contribution in [0.1, 0.15) is 31.9 Å². The molecule has 5 nitrogen and oxygen atoms in total. The van der Waals surface area contributed by atoms with Crippen LogP contribution in [0.4, 0.5) is 0 Å². The van der Waals surface area contributed by atoms with Crippen molar-refractivity contribution in [2.45, 2.75) is 32.8 Å². The molecule has 96 valence electrons. The molecule has 0 saturated heterocycles. The fraction of sp³-hybridized carbons (Fsp3) is 0.455. The number of phosphoric ester groups is 1. The molecule has 0 amide bonds. The van der Waals surface area contributed by atoms with E-state index in [2.05, 4.69) is 4.52 Å². The first-order valence-electron chi connectivity index (χ1n) is 5.12. The van der Waals surface area contributed by atoms with Crippen LogP contribution in [0, 0.1) is 0 Å². The van der Waals surface area contributed by atoms with Gasteiger partial charge in [0.15, 0.2) is 0 Å². The highest BCUT2D eigenvalue weighted by molar-refractivity contribution is 7.46. The maximum atomic E-state index is 10.6. The summed E-state index contributed by atoms with van der Waals surface area (Å²) in [4.78, 5) is 17.2. The van der Waals surface area contributed by atoms with Crippen molar-refractivity contribution in [2.75, 3.05) is 0 Å². The molecule has 0 saturated carbocycles. The summed E-state index contributed by atoms with van der Waals surface area (Å²) in [5.74, 6) is 0.164. The summed E-state index contributed by atoms with van der Waals surface area (Å²) in [5, 5.41) is 9.70. The first-order chi connectivity index (χ1) is 7.59. The number of benzene rings is 1. The monoisotopic (exact) mass is 260 g/mol. The first kappa shape index (κ1) is 14.2. The van der Waals surface area contributed by atoms with E-state index < -0.39 is 7.82 Å². The molecule has 0 radical (unpaired) electrons. The van der Waals surface area contributed by atoms with Gasteiger partial charge in [-0.25, -0.2) is 4.57 Å². The van der Waals surface area contributed by atoms with E-state index in [9.17, 15) is 9.67 Å². The van der Waals surface area contributed by atoms with Gasteiger partial charge in [-0.15, -0.1) is 0 Å². The molecule has 17 heavy (non-hydrogen) atoms. The lowest BCUT2D eigenvalue weighted by Gasteiger charge is -2.21. The van der Waals surface area contributed by atoms with Crippen molar-refractivity contribution in [1.82, 2.24) is 0 Å². The van der Waals surface area contributed by atoms with Crippen LogP contribution in [-0.4, -0.2) is 14.9 Å². The van der Waals surface area contributed by atoms with Crippen LogP contribution in [0.5, 0.6) is 5.75 Å². The van der Waals surface area contributed by atoms with Crippen LogP contribution in [0.3, 0.4) is 0 Å². The van der Waals surface area contributed by atoms with Crippen LogP contribution in [0.25, 0.3) is 0 Å². The topological polar surface area (TPSA) is 87.0 Å². The molecule has 0 aromatic heterocycles. The Morgan fingerprint density at radius 3 is 2.35 bits per heavy atom. The molecule has 1 rings (SSSR count). The quantitative estimate of drug-likeness (QED) is 0.726. The van der Waals surface area contributed by atoms with E-state index >= 15 is 0 Å². The lowest BCUT2D eigenvalue weighted by Crippen LogP contribution is -2.11. The van der Waals surface area contributed by atoms with Crippen LogP contribution in [-0.2, 0) is 21.1 Å². The number of phosphoric acid groups is 1. The summed E-state index contributed by atoms with van der Waals surface area (Å²) in [6, 6.07) is 4.75. The van der Waals surface area contributed by atoms with Gasteiger partial charge < -0.3 is 14.9 Å². The zero-order chi connectivity index (χ0) is 13.3. The smallest absolute Gasteiger partial charge is 0.469 e. The Labute approximate surface area is 100 Å². The molecule has 0 aliphatic rings. The summed E-state index contributed by atoms with van der Waals surface area (Å²) < 4.78 is 15.0. The van der Waals surface area contributed by atoms with Crippen LogP contribution >= 0.6 is 7.82 Å². The SMILES string of the molecule is CC(C)(C)c1cc(COP(=O)(O)O)ccc1O. The van der Waals surface area contributed by atoms with Crippen molar-refractivity contribution < 1.29 is 24.0 Å². The van der Waals surface area contributed by atoms with Gasteiger partial charge >= 0.3 is 7.82 Å². The maximum Gasteiger partial charge on any atom is 0.469 e. The second-order valence-electron chi connectivity index (χ2n) is 4.87. The average molecular weight is 260 g/mol. The predicted molar refractivity (Wildman–Crippen MR) is 63.6 cm³/mol. The molecule has 1 aromatic carbocycles. The minimum absolute atomic E-state index is 0.164. The Balaban J connectivity index is 2.94. The number of hydrogen-bond acceptors (Lipinski definition) is 3. The van der Waals surface area contributed by atoms with E-state index in [1.165, 1.54) is 6.07 Å². The van der Waals surface area contributed by atoms with Crippen molar-refractivity contribution in [2.24, 2.45) is 0 Å². The molecule has 0 spiro atoms. The van der Waals surface area contributed by atoms with E-state index in [-0.39, 0.29) is 17.8 Å². The summed E-state index contributed by atoms with van der Waals surface area (Å²) in [7, 11) is -4.46. The van der Waals surface area contributed by atoms with E-state index in [4.69, 9.17) is 9.79 Å². The zero-order valence-electron chi connectivity index (χ0n) is 10.0. The summed E-state index contributed by atoms with van der Waals surface area (Å²) >= 11 is 0. The molecule has 0 atom stereocenters. The Hall–Kier alpha value is -0.870. The molecule has 6 heteroatoms. The maximum absolute atomic E-state index is 10.6. The molecular weight excluding hydrogens is 243 g/mol. The van der Waals surface area contributed by atoms with Crippen molar-refractivity contribution in [1.29, 1.82) is 0 Å². The molecule has 0 heterocycles. The summed E-state index contributed by atoms with van der Waals surface area (Å²) in [6.45, 7) is 5.63. The molecule has 3 N–H and O–H groups in total. The van der Waals surface area contributed by atoms with Crippen molar-refractivity contribution >= 4 is 7.82 Å². The van der Waals surface area contributed by atoms with Gasteiger partial charge in [-0.2, -0.15) is 0 Å². The minimum atomic E-state index is -4.46. The van der Waals surface area contributed by atoms with E-state index in [0.717, 1.165) is 0 Å². The lowest BCUT2D eigenvalue weighted by atomic mass is 9.85. The fourth-order valence-corrected chi connectivity index (χ4v) is 1.75. The Bertz CT molecular complexity index is 444. The van der Waals surface area contributed by atoms with Crippen LogP contribution < -0.4 is 0 Å². The van der Waals surface area contributed by atoms with Gasteiger partial charge in [-0.3, -0.25) is 4.52 Å². The standard InChI is InChI=1S/C11H17O5P/c1-11(2,3)9-6-8(4-5-10(9)12)7-16-17(13,14)15/h4-6,12H,7H2,1-3H3,(H2,13,14,15). The molecule has 0 unspecified atom stereocenters. The molecule has 0 fully saturated rings. The number of phenols is 1. The fourth-order valence-electron chi connectivity index (χ4n) is 1.43. The third-order valence-electron chi connectivity index (χ3n) is 2.27. The van der Waals surface area contributed by atoms with Gasteiger partial charge in [-0.05, 0) is 28.7 Å². The third kappa shape index (κ3) is 4.48. The van der Waals surface area contributed by atoms with Gasteiger partial charge in [0.2, 0.25) is 0 Å². The van der Waals surface area contributed by atoms with E-state index in [0.29, 0.717) is 11.1 Å². The second-order valence-corrected chi connectivity index (χ2v) is 6.10. The molecular formula is C11H17O5P. The van der Waals surface area contributed by atoms with Gasteiger partial charge in [0.25, 0.3) is 0 Å². The minimum Gasteiger partial charge on any atom is -0.508 e. The van der Waals surface area contributed by atoms with Crippen molar-refractivity contribution in [3.05, 3.63) is 29.3 Å². The number of hydrogen-bond donors (Lipinski definition) is 3. The Morgan fingerprint density at radius 1 is 1.29 bits per heavy atom. The normalized spacial score (nSPS) is 12.8. The van der Waals surface area contributed by atoms with Crippen LogP contribution in [0.2, 0.25) is 0 Å². The van der Waals surface area contributed by atoms with E-state index in [1.54, 1.807) is 12.1 Å². The third-order valence-corrected chi connectivity index (χ3v) is 2.73. The number of aromatic hydroxyl groups is 1. The van der Waals surface area contributed by atoms with E-state index in [1.807, 2.05) is 20.8 Å². The highest BCUT2D eigenvalue weighted by Crippen LogP contribution is 2.38.